The predicted molar refractivity (Wildman–Crippen MR) is 148 cm³/mol. The molecule has 2 atom stereocenters. The first-order valence-electron chi connectivity index (χ1n) is 12.5. The van der Waals surface area contributed by atoms with Gasteiger partial charge in [-0.05, 0) is 72.1 Å². The SMILES string of the molecule is C=C(C(=C\C=C(\c1cn[nH]c1OC)C(C)CC)/C(=C\C)C(=O)C1COc2ccc(Cl)cc2C1)C(C)C. The summed E-state index contributed by atoms with van der Waals surface area (Å²) in [4.78, 5) is 13.8. The summed E-state index contributed by atoms with van der Waals surface area (Å²) in [7, 11) is 1.63. The summed E-state index contributed by atoms with van der Waals surface area (Å²) >= 11 is 6.20. The quantitative estimate of drug-likeness (QED) is 0.268. The van der Waals surface area contributed by atoms with Gasteiger partial charge < -0.3 is 9.47 Å². The fraction of sp³-hybridized carbons (Fsp3) is 0.400. The number of hydrogen-bond donors (Lipinski definition) is 1. The van der Waals surface area contributed by atoms with Gasteiger partial charge in [-0.15, -0.1) is 0 Å². The van der Waals surface area contributed by atoms with E-state index in [-0.39, 0.29) is 23.5 Å². The van der Waals surface area contributed by atoms with Gasteiger partial charge in [-0.2, -0.15) is 5.10 Å². The number of H-pyrrole nitrogens is 1. The van der Waals surface area contributed by atoms with Crippen LogP contribution in [-0.2, 0) is 11.2 Å². The molecule has 6 heteroatoms. The maximum absolute atomic E-state index is 13.8. The second-order valence-corrected chi connectivity index (χ2v) is 9.98. The minimum atomic E-state index is -0.294. The average molecular weight is 509 g/mol. The van der Waals surface area contributed by atoms with Crippen molar-refractivity contribution in [1.29, 1.82) is 0 Å². The molecule has 0 bridgehead atoms. The number of methoxy groups -OCH3 is 1. The van der Waals surface area contributed by atoms with E-state index < -0.39 is 0 Å². The highest BCUT2D eigenvalue weighted by Crippen LogP contribution is 2.35. The minimum absolute atomic E-state index is 0.0514. The summed E-state index contributed by atoms with van der Waals surface area (Å²) in [6.45, 7) is 15.1. The molecule has 0 aliphatic carbocycles. The molecule has 5 nitrogen and oxygen atoms in total. The van der Waals surface area contributed by atoms with Gasteiger partial charge in [0.15, 0.2) is 5.78 Å². The molecule has 2 heterocycles. The Labute approximate surface area is 219 Å². The van der Waals surface area contributed by atoms with Crippen molar-refractivity contribution < 1.29 is 14.3 Å². The number of aromatic amines is 1. The van der Waals surface area contributed by atoms with E-state index in [9.17, 15) is 4.79 Å². The minimum Gasteiger partial charge on any atom is -0.493 e. The van der Waals surface area contributed by atoms with Crippen molar-refractivity contribution in [2.24, 2.45) is 17.8 Å². The average Bonchev–Trinajstić information content (AvgIpc) is 3.35. The second-order valence-electron chi connectivity index (χ2n) is 9.54. The predicted octanol–water partition coefficient (Wildman–Crippen LogP) is 7.41. The number of allylic oxidation sites excluding steroid dienone is 7. The fourth-order valence-corrected chi connectivity index (χ4v) is 4.61. The molecule has 1 aliphatic rings. The molecule has 1 N–H and O–H groups in total. The van der Waals surface area contributed by atoms with E-state index in [1.165, 1.54) is 0 Å². The molecule has 3 rings (SSSR count). The lowest BCUT2D eigenvalue weighted by Gasteiger charge is -2.26. The summed E-state index contributed by atoms with van der Waals surface area (Å²) in [6, 6.07) is 5.56. The van der Waals surface area contributed by atoms with Crippen molar-refractivity contribution in [3.05, 3.63) is 82.1 Å². The molecular formula is C30H37ClN2O3. The Hall–Kier alpha value is -3.05. The molecule has 2 aromatic rings. The number of aromatic nitrogens is 2. The third kappa shape index (κ3) is 6.01. The first kappa shape index (κ1) is 27.5. The summed E-state index contributed by atoms with van der Waals surface area (Å²) in [5.74, 6) is 1.61. The lowest BCUT2D eigenvalue weighted by Crippen LogP contribution is -2.30. The van der Waals surface area contributed by atoms with E-state index in [4.69, 9.17) is 21.1 Å². The van der Waals surface area contributed by atoms with Gasteiger partial charge in [0.25, 0.3) is 0 Å². The van der Waals surface area contributed by atoms with Gasteiger partial charge in [-0.3, -0.25) is 4.79 Å². The van der Waals surface area contributed by atoms with Crippen LogP contribution in [0.25, 0.3) is 5.57 Å². The number of ether oxygens (including phenoxy) is 2. The van der Waals surface area contributed by atoms with Crippen LogP contribution in [-0.4, -0.2) is 29.7 Å². The maximum Gasteiger partial charge on any atom is 0.216 e. The van der Waals surface area contributed by atoms with E-state index in [1.54, 1.807) is 13.3 Å². The van der Waals surface area contributed by atoms with Crippen molar-refractivity contribution in [1.82, 2.24) is 10.2 Å². The number of hydrogen-bond acceptors (Lipinski definition) is 4. The van der Waals surface area contributed by atoms with Crippen molar-refractivity contribution in [3.63, 3.8) is 0 Å². The van der Waals surface area contributed by atoms with Gasteiger partial charge >= 0.3 is 0 Å². The lowest BCUT2D eigenvalue weighted by atomic mass is 9.82. The zero-order chi connectivity index (χ0) is 26.4. The Morgan fingerprint density at radius 3 is 2.69 bits per heavy atom. The van der Waals surface area contributed by atoms with Crippen LogP contribution in [0.1, 0.15) is 52.2 Å². The first-order chi connectivity index (χ1) is 17.2. The van der Waals surface area contributed by atoms with Crippen LogP contribution in [0.4, 0.5) is 0 Å². The molecule has 192 valence electrons. The topological polar surface area (TPSA) is 64.2 Å². The van der Waals surface area contributed by atoms with Crippen LogP contribution in [0, 0.1) is 17.8 Å². The summed E-state index contributed by atoms with van der Waals surface area (Å²) in [5, 5.41) is 7.72. The third-order valence-corrected chi connectivity index (χ3v) is 7.11. The number of fused-ring (bicyclic) bond motifs is 1. The molecule has 2 unspecified atom stereocenters. The molecular weight excluding hydrogens is 472 g/mol. The number of rotatable bonds is 10. The van der Waals surface area contributed by atoms with Crippen LogP contribution < -0.4 is 9.47 Å². The van der Waals surface area contributed by atoms with E-state index in [2.05, 4.69) is 50.5 Å². The molecule has 0 amide bonds. The Bertz CT molecular complexity index is 1200. The normalized spacial score (nSPS) is 17.4. The zero-order valence-corrected chi connectivity index (χ0v) is 22.9. The van der Waals surface area contributed by atoms with Gasteiger partial charge in [-0.25, -0.2) is 5.10 Å². The van der Waals surface area contributed by atoms with Crippen LogP contribution >= 0.6 is 11.6 Å². The number of nitrogens with one attached hydrogen (secondary N) is 1. The number of halogens is 1. The molecule has 0 spiro atoms. The second kappa shape index (κ2) is 12.3. The van der Waals surface area contributed by atoms with Crippen LogP contribution in [0.2, 0.25) is 5.02 Å². The number of carbonyl (C=O) groups excluding carboxylic acids is 1. The van der Waals surface area contributed by atoms with Gasteiger partial charge in [-0.1, -0.05) is 64.1 Å². The van der Waals surface area contributed by atoms with E-state index in [0.29, 0.717) is 29.5 Å². The smallest absolute Gasteiger partial charge is 0.216 e. The summed E-state index contributed by atoms with van der Waals surface area (Å²) in [6.07, 6.45) is 9.32. The van der Waals surface area contributed by atoms with Gasteiger partial charge in [0, 0.05) is 10.6 Å². The third-order valence-electron chi connectivity index (χ3n) is 6.88. The Balaban J connectivity index is 2.02. The van der Waals surface area contributed by atoms with Crippen molar-refractivity contribution >= 4 is 23.0 Å². The molecule has 0 fully saturated rings. The highest BCUT2D eigenvalue weighted by atomic mass is 35.5. The number of Topliss-reactive ketones (excluding diaryl/α,β-unsaturated/α-hetero) is 1. The monoisotopic (exact) mass is 508 g/mol. The van der Waals surface area contributed by atoms with Crippen molar-refractivity contribution in [3.8, 4) is 11.6 Å². The summed E-state index contributed by atoms with van der Waals surface area (Å²) in [5.41, 5.74) is 5.38. The highest BCUT2D eigenvalue weighted by Gasteiger charge is 2.30. The number of carbonyl (C=O) groups is 1. The fourth-order valence-electron chi connectivity index (χ4n) is 4.41. The van der Waals surface area contributed by atoms with Crippen molar-refractivity contribution in [2.45, 2.75) is 47.5 Å². The molecule has 1 aromatic heterocycles. The molecule has 1 aromatic carbocycles. The molecule has 0 radical (unpaired) electrons. The van der Waals surface area contributed by atoms with Crippen LogP contribution in [0.15, 0.2) is 65.9 Å². The molecule has 0 saturated carbocycles. The number of benzene rings is 1. The Morgan fingerprint density at radius 2 is 2.06 bits per heavy atom. The van der Waals surface area contributed by atoms with E-state index in [1.807, 2.05) is 37.3 Å². The lowest BCUT2D eigenvalue weighted by molar-refractivity contribution is -0.120. The van der Waals surface area contributed by atoms with Crippen molar-refractivity contribution in [2.75, 3.05) is 13.7 Å². The molecule has 1 aliphatic heterocycles. The highest BCUT2D eigenvalue weighted by molar-refractivity contribution is 6.30. The zero-order valence-electron chi connectivity index (χ0n) is 22.2. The number of nitrogens with zero attached hydrogens (tertiary/aromatic N) is 1. The Kier molecular flexibility index (Phi) is 9.38. The van der Waals surface area contributed by atoms with Crippen LogP contribution in [0.5, 0.6) is 11.6 Å². The van der Waals surface area contributed by atoms with Gasteiger partial charge in [0.05, 0.1) is 31.4 Å². The summed E-state index contributed by atoms with van der Waals surface area (Å²) < 4.78 is 11.4. The standard InChI is InChI=1S/C30H37ClN2O3/c1-8-19(5)25(27-16-32-33-30(27)35-7)11-12-26(20(6)18(3)4)24(9-2)29(34)22-14-21-15-23(31)10-13-28(21)36-17-22/h9-13,15-16,18-19,22H,6,8,14,17H2,1-5,7H3,(H,32,33)/b24-9+,25-11+,26-12+. The van der Waals surface area contributed by atoms with Crippen LogP contribution in [0.3, 0.4) is 0 Å². The van der Waals surface area contributed by atoms with E-state index in [0.717, 1.165) is 40.0 Å². The Morgan fingerprint density at radius 1 is 1.31 bits per heavy atom. The first-order valence-corrected chi connectivity index (χ1v) is 12.9. The largest absolute Gasteiger partial charge is 0.493 e. The maximum atomic E-state index is 13.8. The number of ketones is 1. The molecule has 0 saturated heterocycles. The molecule has 36 heavy (non-hydrogen) atoms. The van der Waals surface area contributed by atoms with Gasteiger partial charge in [0.2, 0.25) is 5.88 Å². The van der Waals surface area contributed by atoms with Gasteiger partial charge in [0.1, 0.15) is 5.75 Å². The van der Waals surface area contributed by atoms with E-state index >= 15 is 0 Å².